The molecule has 0 radical (unpaired) electrons. The number of benzene rings is 1. The van der Waals surface area contributed by atoms with Crippen LogP contribution in [-0.4, -0.2) is 28.0 Å². The summed E-state index contributed by atoms with van der Waals surface area (Å²) in [5.74, 6) is 1.32. The van der Waals surface area contributed by atoms with Crippen LogP contribution in [0.5, 0.6) is 5.75 Å². The first-order valence-electron chi connectivity index (χ1n) is 8.82. The second kappa shape index (κ2) is 7.96. The van der Waals surface area contributed by atoms with Gasteiger partial charge in [0.25, 0.3) is 5.91 Å². The van der Waals surface area contributed by atoms with E-state index in [9.17, 15) is 4.79 Å². The summed E-state index contributed by atoms with van der Waals surface area (Å²) >= 11 is 0. The van der Waals surface area contributed by atoms with Crippen molar-refractivity contribution >= 4 is 5.91 Å². The molecule has 26 heavy (non-hydrogen) atoms. The van der Waals surface area contributed by atoms with Gasteiger partial charge in [-0.05, 0) is 63.3 Å². The summed E-state index contributed by atoms with van der Waals surface area (Å²) in [7, 11) is 0. The van der Waals surface area contributed by atoms with Gasteiger partial charge in [0.1, 0.15) is 11.6 Å². The van der Waals surface area contributed by atoms with Crippen LogP contribution in [0, 0.1) is 25.2 Å². The second-order valence-corrected chi connectivity index (χ2v) is 6.67. The third-order valence-electron chi connectivity index (χ3n) is 4.67. The number of ether oxygens (including phenoxy) is 1. The highest BCUT2D eigenvalue weighted by Crippen LogP contribution is 2.25. The van der Waals surface area contributed by atoms with Crippen LogP contribution in [0.25, 0.3) is 0 Å². The molecule has 134 valence electrons. The van der Waals surface area contributed by atoms with E-state index in [2.05, 4.69) is 21.4 Å². The molecule has 0 aliphatic heterocycles. The SMILES string of the molecule is Cc1ncc(C(=O)NC2CCC(Oc3ccc(C#N)c(C)c3)CC2)cn1. The van der Waals surface area contributed by atoms with Crippen molar-refractivity contribution in [3.05, 3.63) is 53.1 Å². The smallest absolute Gasteiger partial charge is 0.254 e. The maximum Gasteiger partial charge on any atom is 0.254 e. The lowest BCUT2D eigenvalue weighted by Crippen LogP contribution is -2.39. The largest absolute Gasteiger partial charge is 0.490 e. The Morgan fingerprint density at radius 2 is 1.88 bits per heavy atom. The fourth-order valence-corrected chi connectivity index (χ4v) is 3.13. The van der Waals surface area contributed by atoms with Crippen molar-refractivity contribution in [1.82, 2.24) is 15.3 Å². The third-order valence-corrected chi connectivity index (χ3v) is 4.67. The zero-order chi connectivity index (χ0) is 18.5. The lowest BCUT2D eigenvalue weighted by Gasteiger charge is -2.29. The fourth-order valence-electron chi connectivity index (χ4n) is 3.13. The van der Waals surface area contributed by atoms with Gasteiger partial charge in [-0.15, -0.1) is 0 Å². The van der Waals surface area contributed by atoms with Crippen molar-refractivity contribution in [2.24, 2.45) is 0 Å². The van der Waals surface area contributed by atoms with Gasteiger partial charge in [-0.25, -0.2) is 9.97 Å². The number of rotatable bonds is 4. The first kappa shape index (κ1) is 17.9. The predicted octanol–water partition coefficient (Wildman–Crippen LogP) is 3.09. The maximum atomic E-state index is 12.2. The Balaban J connectivity index is 1.49. The molecule has 1 saturated carbocycles. The summed E-state index contributed by atoms with van der Waals surface area (Å²) < 4.78 is 6.04. The van der Waals surface area contributed by atoms with Gasteiger partial charge in [0, 0.05) is 18.4 Å². The Morgan fingerprint density at radius 3 is 2.50 bits per heavy atom. The van der Waals surface area contributed by atoms with Gasteiger partial charge in [-0.2, -0.15) is 5.26 Å². The average molecular weight is 350 g/mol. The Morgan fingerprint density at radius 1 is 1.19 bits per heavy atom. The van der Waals surface area contributed by atoms with Crippen LogP contribution in [0.3, 0.4) is 0 Å². The molecule has 0 bridgehead atoms. The van der Waals surface area contributed by atoms with Crippen molar-refractivity contribution < 1.29 is 9.53 Å². The number of hydrogen-bond acceptors (Lipinski definition) is 5. The normalized spacial score (nSPS) is 19.4. The van der Waals surface area contributed by atoms with Crippen LogP contribution in [-0.2, 0) is 0 Å². The standard InChI is InChI=1S/C20H22N4O2/c1-13-9-19(6-3-15(13)10-21)26-18-7-4-17(5-8-18)24-20(25)16-11-22-14(2)23-12-16/h3,6,9,11-12,17-18H,4-5,7-8H2,1-2H3,(H,24,25). The Kier molecular flexibility index (Phi) is 5.47. The molecule has 0 saturated heterocycles. The molecule has 1 fully saturated rings. The fraction of sp³-hybridized carbons (Fsp3) is 0.400. The van der Waals surface area contributed by atoms with Crippen LogP contribution < -0.4 is 10.1 Å². The molecule has 1 aromatic heterocycles. The van der Waals surface area contributed by atoms with Crippen LogP contribution in [0.1, 0.15) is 53.0 Å². The summed E-state index contributed by atoms with van der Waals surface area (Å²) in [6, 6.07) is 7.85. The number of hydrogen-bond donors (Lipinski definition) is 1. The summed E-state index contributed by atoms with van der Waals surface area (Å²) in [5, 5.41) is 12.0. The van der Waals surface area contributed by atoms with E-state index in [-0.39, 0.29) is 18.1 Å². The zero-order valence-corrected chi connectivity index (χ0v) is 15.0. The predicted molar refractivity (Wildman–Crippen MR) is 96.8 cm³/mol. The Bertz CT molecular complexity index is 819. The molecule has 3 rings (SSSR count). The van der Waals surface area contributed by atoms with E-state index in [0.717, 1.165) is 37.0 Å². The highest BCUT2D eigenvalue weighted by molar-refractivity contribution is 5.93. The lowest BCUT2D eigenvalue weighted by molar-refractivity contribution is 0.0893. The molecule has 1 amide bonds. The van der Waals surface area contributed by atoms with Gasteiger partial charge < -0.3 is 10.1 Å². The summed E-state index contributed by atoms with van der Waals surface area (Å²) in [6.45, 7) is 3.70. The van der Waals surface area contributed by atoms with Gasteiger partial charge in [-0.3, -0.25) is 4.79 Å². The van der Waals surface area contributed by atoms with Crippen molar-refractivity contribution in [3.63, 3.8) is 0 Å². The highest BCUT2D eigenvalue weighted by atomic mass is 16.5. The number of nitrogens with one attached hydrogen (secondary N) is 1. The van der Waals surface area contributed by atoms with Crippen LogP contribution in [0.4, 0.5) is 0 Å². The molecule has 0 atom stereocenters. The minimum Gasteiger partial charge on any atom is -0.490 e. The maximum absolute atomic E-state index is 12.2. The zero-order valence-electron chi connectivity index (χ0n) is 15.0. The number of nitrogens with zero attached hydrogens (tertiary/aromatic N) is 3. The van der Waals surface area contributed by atoms with Gasteiger partial charge in [0.05, 0.1) is 23.3 Å². The number of carbonyl (C=O) groups excluding carboxylic acids is 1. The van der Waals surface area contributed by atoms with E-state index in [4.69, 9.17) is 10.00 Å². The number of nitriles is 1. The van der Waals surface area contributed by atoms with E-state index in [1.165, 1.54) is 0 Å². The monoisotopic (exact) mass is 350 g/mol. The molecule has 1 aliphatic rings. The topological polar surface area (TPSA) is 87.9 Å². The van der Waals surface area contributed by atoms with Crippen molar-refractivity contribution in [2.45, 2.75) is 51.7 Å². The van der Waals surface area contributed by atoms with E-state index < -0.39 is 0 Å². The Labute approximate surface area is 153 Å². The highest BCUT2D eigenvalue weighted by Gasteiger charge is 2.24. The van der Waals surface area contributed by atoms with Crippen LogP contribution in [0.2, 0.25) is 0 Å². The van der Waals surface area contributed by atoms with Crippen LogP contribution >= 0.6 is 0 Å². The van der Waals surface area contributed by atoms with E-state index in [0.29, 0.717) is 17.0 Å². The van der Waals surface area contributed by atoms with Gasteiger partial charge in [0.2, 0.25) is 0 Å². The molecule has 6 nitrogen and oxygen atoms in total. The molecule has 1 heterocycles. The van der Waals surface area contributed by atoms with Crippen molar-refractivity contribution in [2.75, 3.05) is 0 Å². The van der Waals surface area contributed by atoms with E-state index in [1.807, 2.05) is 19.1 Å². The molecular formula is C20H22N4O2. The van der Waals surface area contributed by atoms with Crippen molar-refractivity contribution in [3.8, 4) is 11.8 Å². The lowest BCUT2D eigenvalue weighted by atomic mass is 9.92. The number of amides is 1. The molecule has 6 heteroatoms. The number of carbonyl (C=O) groups is 1. The first-order chi connectivity index (χ1) is 12.5. The number of aryl methyl sites for hydroxylation is 2. The third kappa shape index (κ3) is 4.37. The van der Waals surface area contributed by atoms with Gasteiger partial charge in [-0.1, -0.05) is 0 Å². The van der Waals surface area contributed by atoms with Crippen LogP contribution in [0.15, 0.2) is 30.6 Å². The Hall–Kier alpha value is -2.94. The molecule has 1 aliphatic carbocycles. The average Bonchev–Trinajstić information content (AvgIpc) is 2.64. The van der Waals surface area contributed by atoms with Gasteiger partial charge in [0.15, 0.2) is 0 Å². The molecular weight excluding hydrogens is 328 g/mol. The minimum atomic E-state index is -0.128. The first-order valence-corrected chi connectivity index (χ1v) is 8.82. The van der Waals surface area contributed by atoms with E-state index in [1.54, 1.807) is 25.4 Å². The molecule has 2 aromatic rings. The second-order valence-electron chi connectivity index (χ2n) is 6.67. The quantitative estimate of drug-likeness (QED) is 0.915. The molecule has 0 spiro atoms. The van der Waals surface area contributed by atoms with Gasteiger partial charge >= 0.3 is 0 Å². The number of aromatic nitrogens is 2. The summed E-state index contributed by atoms with van der Waals surface area (Å²) in [6.07, 6.45) is 6.76. The summed E-state index contributed by atoms with van der Waals surface area (Å²) in [4.78, 5) is 20.4. The van der Waals surface area contributed by atoms with Crippen molar-refractivity contribution in [1.29, 1.82) is 5.26 Å². The summed E-state index contributed by atoms with van der Waals surface area (Å²) in [5.41, 5.74) is 2.08. The van der Waals surface area contributed by atoms with E-state index >= 15 is 0 Å². The molecule has 1 aromatic carbocycles. The minimum absolute atomic E-state index is 0.128. The molecule has 0 unspecified atom stereocenters. The molecule has 1 N–H and O–H groups in total.